The summed E-state index contributed by atoms with van der Waals surface area (Å²) in [6.07, 6.45) is 0.887. The Morgan fingerprint density at radius 3 is 2.62 bits per heavy atom. The van der Waals surface area contributed by atoms with Gasteiger partial charge in [0.1, 0.15) is 0 Å². The van der Waals surface area contributed by atoms with Crippen LogP contribution in [0.15, 0.2) is 28.6 Å². The highest BCUT2D eigenvalue weighted by Gasteiger charge is 2.14. The van der Waals surface area contributed by atoms with Crippen LogP contribution in [0.25, 0.3) is 0 Å². The van der Waals surface area contributed by atoms with Crippen LogP contribution in [-0.2, 0) is 4.79 Å². The molecule has 24 heavy (non-hydrogen) atoms. The molecular weight excluding hydrogens is 344 g/mol. The SMILES string of the molecule is CC[C@@H](C)NC(=O)CSc1nnc(C(=O)Nc2ccc(C)cc2)s1. The van der Waals surface area contributed by atoms with Gasteiger partial charge in [-0.05, 0) is 32.4 Å². The molecule has 0 aliphatic heterocycles. The van der Waals surface area contributed by atoms with E-state index in [9.17, 15) is 9.59 Å². The summed E-state index contributed by atoms with van der Waals surface area (Å²) in [5, 5.41) is 13.8. The summed E-state index contributed by atoms with van der Waals surface area (Å²) in [7, 11) is 0. The molecule has 0 unspecified atom stereocenters. The number of rotatable bonds is 7. The van der Waals surface area contributed by atoms with Crippen molar-refractivity contribution in [3.8, 4) is 0 Å². The second-order valence-corrected chi connectivity index (χ2v) is 7.56. The third-order valence-electron chi connectivity index (χ3n) is 3.26. The van der Waals surface area contributed by atoms with E-state index < -0.39 is 0 Å². The lowest BCUT2D eigenvalue weighted by Crippen LogP contribution is -2.33. The summed E-state index contributed by atoms with van der Waals surface area (Å²) in [6.45, 7) is 5.96. The number of thioether (sulfide) groups is 1. The molecule has 1 atom stereocenters. The molecule has 1 aromatic carbocycles. The number of carbonyl (C=O) groups excluding carboxylic acids is 2. The van der Waals surface area contributed by atoms with E-state index in [0.29, 0.717) is 10.0 Å². The zero-order valence-corrected chi connectivity index (χ0v) is 15.5. The highest BCUT2D eigenvalue weighted by molar-refractivity contribution is 8.01. The van der Waals surface area contributed by atoms with Gasteiger partial charge in [0, 0.05) is 11.7 Å². The maximum Gasteiger partial charge on any atom is 0.286 e. The molecule has 1 aromatic heterocycles. The van der Waals surface area contributed by atoms with E-state index in [4.69, 9.17) is 0 Å². The minimum absolute atomic E-state index is 0.0461. The quantitative estimate of drug-likeness (QED) is 0.738. The molecule has 0 bridgehead atoms. The van der Waals surface area contributed by atoms with Crippen molar-refractivity contribution in [2.75, 3.05) is 11.1 Å². The first-order valence-electron chi connectivity index (χ1n) is 7.61. The van der Waals surface area contributed by atoms with Crippen molar-refractivity contribution in [3.05, 3.63) is 34.8 Å². The molecule has 2 N–H and O–H groups in total. The minimum Gasteiger partial charge on any atom is -0.353 e. The van der Waals surface area contributed by atoms with Crippen LogP contribution in [0.1, 0.15) is 35.6 Å². The van der Waals surface area contributed by atoms with Gasteiger partial charge >= 0.3 is 0 Å². The van der Waals surface area contributed by atoms with Crippen LogP contribution in [-0.4, -0.2) is 33.8 Å². The normalized spacial score (nSPS) is 11.8. The Balaban J connectivity index is 1.86. The van der Waals surface area contributed by atoms with Crippen molar-refractivity contribution in [2.24, 2.45) is 0 Å². The number of hydrogen-bond donors (Lipinski definition) is 2. The number of carbonyl (C=O) groups is 2. The monoisotopic (exact) mass is 364 g/mol. The summed E-state index contributed by atoms with van der Waals surface area (Å²) in [5.41, 5.74) is 1.83. The van der Waals surface area contributed by atoms with Crippen LogP contribution >= 0.6 is 23.1 Å². The maximum absolute atomic E-state index is 12.1. The molecule has 0 radical (unpaired) electrons. The average molecular weight is 364 g/mol. The fourth-order valence-corrected chi connectivity index (χ4v) is 3.29. The molecule has 1 heterocycles. The first-order valence-corrected chi connectivity index (χ1v) is 9.41. The number of anilines is 1. The zero-order chi connectivity index (χ0) is 17.5. The van der Waals surface area contributed by atoms with Gasteiger partial charge in [0.2, 0.25) is 10.9 Å². The molecule has 2 amide bonds. The highest BCUT2D eigenvalue weighted by atomic mass is 32.2. The molecule has 0 fully saturated rings. The molecule has 0 aliphatic carbocycles. The summed E-state index contributed by atoms with van der Waals surface area (Å²) in [4.78, 5) is 23.9. The van der Waals surface area contributed by atoms with Gasteiger partial charge in [0.15, 0.2) is 4.34 Å². The van der Waals surface area contributed by atoms with Crippen LogP contribution in [0.5, 0.6) is 0 Å². The summed E-state index contributed by atoms with van der Waals surface area (Å²) < 4.78 is 0.600. The topological polar surface area (TPSA) is 84.0 Å². The Morgan fingerprint density at radius 1 is 1.25 bits per heavy atom. The number of nitrogens with zero attached hydrogens (tertiary/aromatic N) is 2. The van der Waals surface area contributed by atoms with Gasteiger partial charge in [-0.3, -0.25) is 9.59 Å². The molecule has 0 spiro atoms. The van der Waals surface area contributed by atoms with E-state index in [2.05, 4.69) is 20.8 Å². The van der Waals surface area contributed by atoms with Crippen molar-refractivity contribution >= 4 is 40.6 Å². The fourth-order valence-electron chi connectivity index (χ4n) is 1.73. The van der Waals surface area contributed by atoms with Crippen LogP contribution < -0.4 is 10.6 Å². The number of nitrogens with one attached hydrogen (secondary N) is 2. The van der Waals surface area contributed by atoms with Gasteiger partial charge in [-0.25, -0.2) is 0 Å². The summed E-state index contributed by atoms with van der Waals surface area (Å²) in [6, 6.07) is 7.68. The minimum atomic E-state index is -0.299. The predicted octanol–water partition coefficient (Wildman–Crippen LogP) is 3.11. The number of aromatic nitrogens is 2. The Kier molecular flexibility index (Phi) is 6.74. The molecule has 0 saturated carbocycles. The standard InChI is InChI=1S/C16H20N4O2S2/c1-4-11(3)17-13(21)9-23-16-20-19-15(24-16)14(22)18-12-7-5-10(2)6-8-12/h5-8,11H,4,9H2,1-3H3,(H,17,21)(H,18,22)/t11-/m1/s1. The lowest BCUT2D eigenvalue weighted by atomic mass is 10.2. The molecule has 0 aliphatic rings. The van der Waals surface area contributed by atoms with Crippen molar-refractivity contribution in [2.45, 2.75) is 37.6 Å². The molecule has 0 saturated heterocycles. The second-order valence-electron chi connectivity index (χ2n) is 5.36. The Morgan fingerprint density at radius 2 is 1.96 bits per heavy atom. The van der Waals surface area contributed by atoms with Crippen molar-refractivity contribution < 1.29 is 9.59 Å². The molecule has 128 valence electrons. The molecule has 6 nitrogen and oxygen atoms in total. The first-order chi connectivity index (χ1) is 11.5. The van der Waals surface area contributed by atoms with Gasteiger partial charge in [-0.2, -0.15) is 0 Å². The lowest BCUT2D eigenvalue weighted by molar-refractivity contribution is -0.119. The van der Waals surface area contributed by atoms with Crippen LogP contribution in [0, 0.1) is 6.92 Å². The predicted molar refractivity (Wildman–Crippen MR) is 97.7 cm³/mol. The number of benzene rings is 1. The van der Waals surface area contributed by atoms with Gasteiger partial charge in [-0.15, -0.1) is 10.2 Å². The highest BCUT2D eigenvalue weighted by Crippen LogP contribution is 2.23. The summed E-state index contributed by atoms with van der Waals surface area (Å²) in [5.74, 6) is -0.0825. The second kappa shape index (κ2) is 8.79. The van der Waals surface area contributed by atoms with Gasteiger partial charge in [-0.1, -0.05) is 47.7 Å². The van der Waals surface area contributed by atoms with Gasteiger partial charge in [0.05, 0.1) is 5.75 Å². The summed E-state index contributed by atoms with van der Waals surface area (Å²) >= 11 is 2.46. The van der Waals surface area contributed by atoms with Gasteiger partial charge in [0.25, 0.3) is 5.91 Å². The van der Waals surface area contributed by atoms with E-state index in [1.54, 1.807) is 0 Å². The smallest absolute Gasteiger partial charge is 0.286 e. The van der Waals surface area contributed by atoms with Gasteiger partial charge < -0.3 is 10.6 Å². The Hall–Kier alpha value is -1.93. The van der Waals surface area contributed by atoms with Crippen molar-refractivity contribution in [1.82, 2.24) is 15.5 Å². The first kappa shape index (κ1) is 18.4. The number of hydrogen-bond acceptors (Lipinski definition) is 6. The maximum atomic E-state index is 12.1. The largest absolute Gasteiger partial charge is 0.353 e. The van der Waals surface area contributed by atoms with Crippen molar-refractivity contribution in [3.63, 3.8) is 0 Å². The Labute approximate surface area is 149 Å². The van der Waals surface area contributed by atoms with E-state index >= 15 is 0 Å². The van der Waals surface area contributed by atoms with Crippen molar-refractivity contribution in [1.29, 1.82) is 0 Å². The molecular formula is C16H20N4O2S2. The van der Waals surface area contributed by atoms with Crippen LogP contribution in [0.4, 0.5) is 5.69 Å². The van der Waals surface area contributed by atoms with E-state index in [0.717, 1.165) is 12.0 Å². The third kappa shape index (κ3) is 5.61. The average Bonchev–Trinajstić information content (AvgIpc) is 3.04. The molecule has 2 aromatic rings. The number of aryl methyl sites for hydroxylation is 1. The van der Waals surface area contributed by atoms with E-state index in [-0.39, 0.29) is 28.6 Å². The Bertz CT molecular complexity index is 700. The van der Waals surface area contributed by atoms with Crippen LogP contribution in [0.3, 0.4) is 0 Å². The van der Waals surface area contributed by atoms with E-state index in [1.807, 2.05) is 45.0 Å². The number of amides is 2. The third-order valence-corrected chi connectivity index (χ3v) is 5.31. The molecule has 8 heteroatoms. The fraction of sp³-hybridized carbons (Fsp3) is 0.375. The van der Waals surface area contributed by atoms with Crippen LogP contribution in [0.2, 0.25) is 0 Å². The molecule has 2 rings (SSSR count). The van der Waals surface area contributed by atoms with E-state index in [1.165, 1.54) is 23.1 Å². The zero-order valence-electron chi connectivity index (χ0n) is 13.8. The lowest BCUT2D eigenvalue weighted by Gasteiger charge is -2.09.